The lowest BCUT2D eigenvalue weighted by molar-refractivity contribution is 0.0742. The summed E-state index contributed by atoms with van der Waals surface area (Å²) in [5.41, 5.74) is 1.58. The van der Waals surface area contributed by atoms with Crippen LogP contribution < -0.4 is 15.8 Å². The molecule has 1 N–H and O–H groups in total. The fourth-order valence-electron chi connectivity index (χ4n) is 4.01. The zero-order valence-electron chi connectivity index (χ0n) is 18.8. The Morgan fingerprint density at radius 2 is 1.74 bits per heavy atom. The SMILES string of the molecule is Cc1cc(Nc2ccccc2)nc(N2CCN(C(=O)c3cc4cc(Br)cc(Br)c4oc3=O)CC2)n1. The Hall–Kier alpha value is -3.24. The Bertz CT molecular complexity index is 1470. The maximum Gasteiger partial charge on any atom is 0.349 e. The molecule has 1 aliphatic heterocycles. The van der Waals surface area contributed by atoms with Crippen molar-refractivity contribution in [2.45, 2.75) is 6.92 Å². The van der Waals surface area contributed by atoms with Crippen LogP contribution in [0.4, 0.5) is 17.5 Å². The maximum absolute atomic E-state index is 13.2. The second-order valence-corrected chi connectivity index (χ2v) is 9.99. The monoisotopic (exact) mass is 597 g/mol. The average molecular weight is 599 g/mol. The summed E-state index contributed by atoms with van der Waals surface area (Å²) < 4.78 is 6.91. The van der Waals surface area contributed by atoms with Crippen LogP contribution in [0.3, 0.4) is 0 Å². The standard InChI is InChI=1S/C25H21Br2N5O3/c1-15-11-21(29-18-5-3-2-4-6-18)30-25(28-15)32-9-7-31(8-10-32)23(33)19-13-16-12-17(26)14-20(27)22(16)35-24(19)34/h2-6,11-14H,7-10H2,1H3,(H,28,29,30). The first-order chi connectivity index (χ1) is 16.9. The smallest absolute Gasteiger partial charge is 0.349 e. The molecule has 2 aromatic carbocycles. The van der Waals surface area contributed by atoms with E-state index in [-0.39, 0.29) is 11.5 Å². The molecule has 178 valence electrons. The third-order valence-corrected chi connectivity index (χ3v) is 6.77. The van der Waals surface area contributed by atoms with Gasteiger partial charge >= 0.3 is 5.63 Å². The van der Waals surface area contributed by atoms with Crippen LogP contribution in [0.5, 0.6) is 0 Å². The highest BCUT2D eigenvalue weighted by atomic mass is 79.9. The number of piperazine rings is 1. The lowest BCUT2D eigenvalue weighted by Crippen LogP contribution is -2.50. The van der Waals surface area contributed by atoms with Gasteiger partial charge in [-0.2, -0.15) is 4.98 Å². The van der Waals surface area contributed by atoms with Crippen molar-refractivity contribution in [2.75, 3.05) is 36.4 Å². The number of para-hydroxylation sites is 1. The van der Waals surface area contributed by atoms with Crippen molar-refractivity contribution in [1.29, 1.82) is 0 Å². The average Bonchev–Trinajstić information content (AvgIpc) is 2.84. The molecule has 35 heavy (non-hydrogen) atoms. The van der Waals surface area contributed by atoms with E-state index in [0.717, 1.165) is 15.9 Å². The van der Waals surface area contributed by atoms with Crippen LogP contribution in [0.25, 0.3) is 11.0 Å². The molecule has 5 rings (SSSR count). The number of hydrogen-bond donors (Lipinski definition) is 1. The summed E-state index contributed by atoms with van der Waals surface area (Å²) in [5, 5.41) is 3.97. The van der Waals surface area contributed by atoms with E-state index in [1.54, 1.807) is 17.0 Å². The molecule has 0 spiro atoms. The molecule has 3 heterocycles. The third-order valence-electron chi connectivity index (χ3n) is 5.72. The number of aromatic nitrogens is 2. The summed E-state index contributed by atoms with van der Waals surface area (Å²) in [5.74, 6) is 0.978. The normalized spacial score (nSPS) is 13.8. The van der Waals surface area contributed by atoms with Crippen LogP contribution >= 0.6 is 31.9 Å². The molecule has 1 saturated heterocycles. The number of halogens is 2. The Labute approximate surface area is 218 Å². The van der Waals surface area contributed by atoms with Gasteiger partial charge in [0.15, 0.2) is 5.58 Å². The van der Waals surface area contributed by atoms with Gasteiger partial charge in [0.25, 0.3) is 5.91 Å². The summed E-state index contributed by atoms with van der Waals surface area (Å²) >= 11 is 6.83. The van der Waals surface area contributed by atoms with Gasteiger partial charge in [0.1, 0.15) is 11.4 Å². The van der Waals surface area contributed by atoms with Gasteiger partial charge in [0, 0.05) is 53.5 Å². The highest BCUT2D eigenvalue weighted by Crippen LogP contribution is 2.28. The zero-order chi connectivity index (χ0) is 24.5. The van der Waals surface area contributed by atoms with E-state index in [0.29, 0.717) is 53.4 Å². The van der Waals surface area contributed by atoms with Gasteiger partial charge in [-0.15, -0.1) is 0 Å². The van der Waals surface area contributed by atoms with Crippen LogP contribution in [-0.2, 0) is 0 Å². The number of fused-ring (bicyclic) bond motifs is 1. The molecular weight excluding hydrogens is 578 g/mol. The number of nitrogens with zero attached hydrogens (tertiary/aromatic N) is 4. The van der Waals surface area contributed by atoms with Crippen LogP contribution in [0.1, 0.15) is 16.1 Å². The molecule has 10 heteroatoms. The van der Waals surface area contributed by atoms with Crippen molar-refractivity contribution in [3.05, 3.63) is 85.2 Å². The highest BCUT2D eigenvalue weighted by molar-refractivity contribution is 9.11. The van der Waals surface area contributed by atoms with E-state index >= 15 is 0 Å². The van der Waals surface area contributed by atoms with Crippen molar-refractivity contribution >= 4 is 66.2 Å². The van der Waals surface area contributed by atoms with Crippen LogP contribution in [-0.4, -0.2) is 47.0 Å². The van der Waals surface area contributed by atoms with E-state index in [9.17, 15) is 9.59 Å². The Kier molecular flexibility index (Phi) is 6.57. The minimum Gasteiger partial charge on any atom is -0.421 e. The van der Waals surface area contributed by atoms with E-state index < -0.39 is 5.63 Å². The van der Waals surface area contributed by atoms with Gasteiger partial charge in [0.2, 0.25) is 5.95 Å². The molecule has 4 aromatic rings. The lowest BCUT2D eigenvalue weighted by Gasteiger charge is -2.34. The first-order valence-corrected chi connectivity index (χ1v) is 12.6. The molecule has 1 fully saturated rings. The third kappa shape index (κ3) is 5.08. The number of aryl methyl sites for hydroxylation is 1. The Morgan fingerprint density at radius 3 is 2.49 bits per heavy atom. The van der Waals surface area contributed by atoms with Crippen molar-refractivity contribution in [2.24, 2.45) is 0 Å². The number of nitrogens with one attached hydrogen (secondary N) is 1. The number of benzene rings is 2. The van der Waals surface area contributed by atoms with E-state index in [4.69, 9.17) is 4.42 Å². The minimum atomic E-state index is -0.647. The molecule has 1 aliphatic rings. The quantitative estimate of drug-likeness (QED) is 0.326. The van der Waals surface area contributed by atoms with Crippen LogP contribution in [0.2, 0.25) is 0 Å². The van der Waals surface area contributed by atoms with Gasteiger partial charge in [-0.05, 0) is 53.2 Å². The molecule has 0 radical (unpaired) electrons. The van der Waals surface area contributed by atoms with Gasteiger partial charge in [-0.1, -0.05) is 34.1 Å². The number of hydrogen-bond acceptors (Lipinski definition) is 7. The van der Waals surface area contributed by atoms with Gasteiger partial charge < -0.3 is 19.5 Å². The molecule has 0 aliphatic carbocycles. The first kappa shape index (κ1) is 23.5. The lowest BCUT2D eigenvalue weighted by atomic mass is 10.1. The predicted molar refractivity (Wildman–Crippen MR) is 142 cm³/mol. The van der Waals surface area contributed by atoms with E-state index in [1.807, 2.05) is 54.3 Å². The number of rotatable bonds is 4. The van der Waals surface area contributed by atoms with Crippen LogP contribution in [0, 0.1) is 6.92 Å². The number of carbonyl (C=O) groups excluding carboxylic acids is 1. The van der Waals surface area contributed by atoms with E-state index in [1.165, 1.54) is 0 Å². The summed E-state index contributed by atoms with van der Waals surface area (Å²) in [6.07, 6.45) is 0. The Balaban J connectivity index is 1.31. The summed E-state index contributed by atoms with van der Waals surface area (Å²) in [6, 6.07) is 16.9. The van der Waals surface area contributed by atoms with Crippen molar-refractivity contribution < 1.29 is 9.21 Å². The summed E-state index contributed by atoms with van der Waals surface area (Å²) in [6.45, 7) is 3.91. The number of carbonyl (C=O) groups is 1. The van der Waals surface area contributed by atoms with E-state index in [2.05, 4.69) is 47.1 Å². The fourth-order valence-corrected chi connectivity index (χ4v) is 5.35. The molecular formula is C25H21Br2N5O3. The molecule has 0 unspecified atom stereocenters. The van der Waals surface area contributed by atoms with Gasteiger partial charge in [0.05, 0.1) is 4.47 Å². The minimum absolute atomic E-state index is 0.0251. The molecule has 0 bridgehead atoms. The van der Waals surface area contributed by atoms with Crippen molar-refractivity contribution in [1.82, 2.24) is 14.9 Å². The van der Waals surface area contributed by atoms with Crippen molar-refractivity contribution in [3.63, 3.8) is 0 Å². The van der Waals surface area contributed by atoms with Gasteiger partial charge in [-0.3, -0.25) is 4.79 Å². The fraction of sp³-hybridized carbons (Fsp3) is 0.200. The Morgan fingerprint density at radius 1 is 1.00 bits per heavy atom. The number of amides is 1. The first-order valence-electron chi connectivity index (χ1n) is 11.0. The molecule has 2 aromatic heterocycles. The maximum atomic E-state index is 13.2. The second-order valence-electron chi connectivity index (χ2n) is 8.22. The zero-order valence-corrected chi connectivity index (χ0v) is 22.0. The van der Waals surface area contributed by atoms with Gasteiger partial charge in [-0.25, -0.2) is 9.78 Å². The molecule has 0 saturated carbocycles. The predicted octanol–water partition coefficient (Wildman–Crippen LogP) is 5.12. The number of anilines is 3. The molecule has 0 atom stereocenters. The molecule has 8 nitrogen and oxygen atoms in total. The summed E-state index contributed by atoms with van der Waals surface area (Å²) in [4.78, 5) is 38.7. The summed E-state index contributed by atoms with van der Waals surface area (Å²) in [7, 11) is 0. The highest BCUT2D eigenvalue weighted by Gasteiger charge is 2.26. The largest absolute Gasteiger partial charge is 0.421 e. The second kappa shape index (κ2) is 9.79. The van der Waals surface area contributed by atoms with Crippen LogP contribution in [0.15, 0.2) is 72.8 Å². The molecule has 1 amide bonds. The topological polar surface area (TPSA) is 91.6 Å². The van der Waals surface area contributed by atoms with Crippen molar-refractivity contribution in [3.8, 4) is 0 Å².